The van der Waals surface area contributed by atoms with Crippen molar-refractivity contribution >= 4 is 28.4 Å². The number of anilines is 1. The number of halogens is 1. The van der Waals surface area contributed by atoms with Gasteiger partial charge in [-0.25, -0.2) is 14.4 Å². The predicted octanol–water partition coefficient (Wildman–Crippen LogP) is 5.08. The average Bonchev–Trinajstić information content (AvgIpc) is 2.74. The van der Waals surface area contributed by atoms with Gasteiger partial charge in [0.25, 0.3) is 5.91 Å². The van der Waals surface area contributed by atoms with Crippen LogP contribution >= 0.6 is 0 Å². The molecule has 2 aromatic carbocycles. The molecule has 0 aliphatic carbocycles. The maximum atomic E-state index is 14.4. The van der Waals surface area contributed by atoms with Crippen LogP contribution in [0.5, 0.6) is 5.75 Å². The highest BCUT2D eigenvalue weighted by atomic mass is 19.1. The van der Waals surface area contributed by atoms with Crippen LogP contribution in [-0.4, -0.2) is 18.0 Å². The smallest absolute Gasteiger partial charge is 0.262 e. The lowest BCUT2D eigenvalue weighted by Gasteiger charge is -2.09. The van der Waals surface area contributed by atoms with Gasteiger partial charge in [0.1, 0.15) is 22.9 Å². The van der Waals surface area contributed by atoms with Crippen LogP contribution in [-0.2, 0) is 0 Å². The molecule has 0 aliphatic heterocycles. The van der Waals surface area contributed by atoms with Gasteiger partial charge in [0.2, 0.25) is 5.55 Å². The van der Waals surface area contributed by atoms with Crippen LogP contribution in [0.1, 0.15) is 21.6 Å². The van der Waals surface area contributed by atoms with Gasteiger partial charge in [0, 0.05) is 11.1 Å². The number of benzene rings is 2. The van der Waals surface area contributed by atoms with Crippen LogP contribution in [0.15, 0.2) is 70.1 Å². The van der Waals surface area contributed by atoms with Crippen LogP contribution in [0.25, 0.3) is 11.0 Å². The van der Waals surface area contributed by atoms with Crippen molar-refractivity contribution in [3.8, 4) is 5.75 Å². The molecule has 7 heteroatoms. The van der Waals surface area contributed by atoms with E-state index in [9.17, 15) is 9.18 Å². The molecule has 156 valence electrons. The number of rotatable bonds is 4. The normalized spacial score (nSPS) is 11.5. The molecule has 31 heavy (non-hydrogen) atoms. The lowest BCUT2D eigenvalue weighted by atomic mass is 10.1. The Kier molecular flexibility index (Phi) is 5.49. The number of hydrogen-bond donors (Lipinski definition) is 1. The largest absolute Gasteiger partial charge is 0.493 e. The van der Waals surface area contributed by atoms with Gasteiger partial charge in [-0.3, -0.25) is 4.79 Å². The fraction of sp³-hybridized carbons (Fsp3) is 0.125. The van der Waals surface area contributed by atoms with Crippen molar-refractivity contribution in [2.75, 3.05) is 12.4 Å². The third-order valence-corrected chi connectivity index (χ3v) is 4.66. The van der Waals surface area contributed by atoms with Crippen molar-refractivity contribution in [3.63, 3.8) is 0 Å². The van der Waals surface area contributed by atoms with E-state index in [2.05, 4.69) is 15.3 Å². The molecule has 0 spiro atoms. The first-order valence-corrected chi connectivity index (χ1v) is 9.61. The summed E-state index contributed by atoms with van der Waals surface area (Å²) in [4.78, 5) is 21.7. The number of fused-ring (bicyclic) bond motifs is 1. The van der Waals surface area contributed by atoms with E-state index in [1.165, 1.54) is 19.2 Å². The second-order valence-electron chi connectivity index (χ2n) is 7.03. The van der Waals surface area contributed by atoms with Gasteiger partial charge in [-0.1, -0.05) is 24.3 Å². The van der Waals surface area contributed by atoms with E-state index in [0.29, 0.717) is 22.5 Å². The molecule has 4 aromatic rings. The highest BCUT2D eigenvalue weighted by Gasteiger charge is 2.16. The highest BCUT2D eigenvalue weighted by Crippen LogP contribution is 2.25. The number of carbonyl (C=O) groups is 1. The summed E-state index contributed by atoms with van der Waals surface area (Å²) in [6, 6.07) is 16.9. The van der Waals surface area contributed by atoms with Crippen LogP contribution in [0, 0.1) is 19.7 Å². The molecule has 6 nitrogen and oxygen atoms in total. The molecule has 0 radical (unpaired) electrons. The van der Waals surface area contributed by atoms with Crippen LogP contribution in [0.4, 0.5) is 15.9 Å². The van der Waals surface area contributed by atoms with Crippen LogP contribution in [0.2, 0.25) is 0 Å². The third kappa shape index (κ3) is 4.30. The molecule has 2 heterocycles. The van der Waals surface area contributed by atoms with Gasteiger partial charge < -0.3 is 14.5 Å². The predicted molar refractivity (Wildman–Crippen MR) is 116 cm³/mol. The minimum atomic E-state index is -0.512. The van der Waals surface area contributed by atoms with Crippen LogP contribution in [0.3, 0.4) is 0 Å². The minimum Gasteiger partial charge on any atom is -0.493 e. The molecule has 0 saturated heterocycles. The molecule has 0 fully saturated rings. The third-order valence-electron chi connectivity index (χ3n) is 4.66. The Bertz CT molecular complexity index is 1360. The zero-order chi connectivity index (χ0) is 22.0. The van der Waals surface area contributed by atoms with E-state index >= 15 is 0 Å². The number of carbonyl (C=O) groups excluding carboxylic acids is 1. The summed E-state index contributed by atoms with van der Waals surface area (Å²) in [5.74, 6) is -0.117. The summed E-state index contributed by atoms with van der Waals surface area (Å²) in [5.41, 5.74) is 2.09. The Balaban J connectivity index is 1.91. The van der Waals surface area contributed by atoms with E-state index in [-0.39, 0.29) is 16.8 Å². The number of pyridine rings is 1. The molecular formula is C24H20FN3O3. The number of amides is 1. The maximum Gasteiger partial charge on any atom is 0.262 e. The van der Waals surface area contributed by atoms with Crippen molar-refractivity contribution in [2.24, 2.45) is 4.99 Å². The summed E-state index contributed by atoms with van der Waals surface area (Å²) >= 11 is 0. The molecule has 0 bridgehead atoms. The first-order valence-electron chi connectivity index (χ1n) is 9.61. The molecule has 1 N–H and O–H groups in total. The zero-order valence-corrected chi connectivity index (χ0v) is 17.3. The lowest BCUT2D eigenvalue weighted by molar-refractivity contribution is 0.102. The van der Waals surface area contributed by atoms with Crippen molar-refractivity contribution in [1.29, 1.82) is 0 Å². The van der Waals surface area contributed by atoms with E-state index < -0.39 is 11.7 Å². The second-order valence-corrected chi connectivity index (χ2v) is 7.03. The fourth-order valence-electron chi connectivity index (χ4n) is 3.14. The van der Waals surface area contributed by atoms with Gasteiger partial charge in [0.05, 0.1) is 7.11 Å². The first-order chi connectivity index (χ1) is 14.9. The molecule has 4 rings (SSSR count). The van der Waals surface area contributed by atoms with Crippen molar-refractivity contribution in [3.05, 3.63) is 88.9 Å². The number of ether oxygens (including phenoxy) is 1. The Morgan fingerprint density at radius 3 is 2.65 bits per heavy atom. The van der Waals surface area contributed by atoms with Gasteiger partial charge in [-0.15, -0.1) is 0 Å². The summed E-state index contributed by atoms with van der Waals surface area (Å²) in [6.07, 6.45) is 0. The van der Waals surface area contributed by atoms with E-state index in [0.717, 1.165) is 11.3 Å². The van der Waals surface area contributed by atoms with Crippen LogP contribution < -0.4 is 15.6 Å². The quantitative estimate of drug-likeness (QED) is 0.503. The summed E-state index contributed by atoms with van der Waals surface area (Å²) in [7, 11) is 1.52. The van der Waals surface area contributed by atoms with E-state index in [1.54, 1.807) is 49.4 Å². The number of methoxy groups -OCH3 is 1. The Morgan fingerprint density at radius 2 is 1.90 bits per heavy atom. The molecular weight excluding hydrogens is 397 g/mol. The number of para-hydroxylation sites is 1. The van der Waals surface area contributed by atoms with Crippen molar-refractivity contribution < 1.29 is 18.3 Å². The first kappa shape index (κ1) is 20.3. The maximum absolute atomic E-state index is 14.4. The number of aromatic nitrogens is 1. The SMILES string of the molecule is COc1cccc2cc(C(=O)Nc3cccc(C)n3)c(=Nc3ccc(C)cc3F)oc12. The molecule has 0 unspecified atom stereocenters. The van der Waals surface area contributed by atoms with Gasteiger partial charge in [0.15, 0.2) is 11.3 Å². The highest BCUT2D eigenvalue weighted by molar-refractivity contribution is 6.05. The fourth-order valence-corrected chi connectivity index (χ4v) is 3.14. The molecule has 2 aromatic heterocycles. The number of nitrogens with one attached hydrogen (secondary N) is 1. The molecule has 0 saturated carbocycles. The Hall–Kier alpha value is -4.00. The van der Waals surface area contributed by atoms with E-state index in [1.807, 2.05) is 13.0 Å². The molecule has 0 aliphatic rings. The standard InChI is InChI=1S/C24H20FN3O3/c1-14-10-11-19(18(25)12-14)27-24-17(23(29)28-21-9-4-6-15(2)26-21)13-16-7-5-8-20(30-3)22(16)31-24/h4-13H,1-3H3,(H,26,28,29). The number of hydrogen-bond acceptors (Lipinski definition) is 5. The molecule has 0 atom stereocenters. The van der Waals surface area contributed by atoms with Crippen molar-refractivity contribution in [1.82, 2.24) is 4.98 Å². The lowest BCUT2D eigenvalue weighted by Crippen LogP contribution is -2.22. The number of aryl methyl sites for hydroxylation is 2. The topological polar surface area (TPSA) is 76.7 Å². The van der Waals surface area contributed by atoms with Gasteiger partial charge in [-0.05, 0) is 55.8 Å². The summed E-state index contributed by atoms with van der Waals surface area (Å²) in [5, 5.41) is 3.39. The molecule has 1 amide bonds. The second kappa shape index (κ2) is 8.39. The Labute approximate surface area is 178 Å². The van der Waals surface area contributed by atoms with E-state index in [4.69, 9.17) is 9.15 Å². The summed E-state index contributed by atoms with van der Waals surface area (Å²) < 4.78 is 25.8. The summed E-state index contributed by atoms with van der Waals surface area (Å²) in [6.45, 7) is 3.61. The van der Waals surface area contributed by atoms with Crippen molar-refractivity contribution in [2.45, 2.75) is 13.8 Å². The Morgan fingerprint density at radius 1 is 1.10 bits per heavy atom. The number of nitrogens with zero attached hydrogens (tertiary/aromatic N) is 2. The zero-order valence-electron chi connectivity index (χ0n) is 17.3. The average molecular weight is 417 g/mol. The van der Waals surface area contributed by atoms with Gasteiger partial charge >= 0.3 is 0 Å². The monoisotopic (exact) mass is 417 g/mol. The minimum absolute atomic E-state index is 0.0371. The van der Waals surface area contributed by atoms with Gasteiger partial charge in [-0.2, -0.15) is 0 Å².